The Morgan fingerprint density at radius 1 is 0.938 bits per heavy atom. The molecule has 0 aromatic rings. The van der Waals surface area contributed by atoms with Crippen LogP contribution in [0, 0.1) is 0 Å². The molecule has 0 heterocycles. The van der Waals surface area contributed by atoms with E-state index in [0.29, 0.717) is 12.8 Å². The van der Waals surface area contributed by atoms with Crippen molar-refractivity contribution in [3.05, 3.63) is 0 Å². The van der Waals surface area contributed by atoms with Gasteiger partial charge < -0.3 is 9.47 Å². The molecule has 0 aromatic carbocycles. The molecule has 92 valence electrons. The molecule has 0 radical (unpaired) electrons. The molecule has 0 aliphatic rings. The molecule has 0 fully saturated rings. The molecule has 5 nitrogen and oxygen atoms in total. The number of rotatable bonds is 4. The lowest BCUT2D eigenvalue weighted by molar-refractivity contribution is -0.145. The highest BCUT2D eigenvalue weighted by molar-refractivity contribution is 6.31. The van der Waals surface area contributed by atoms with Gasteiger partial charge in [-0.3, -0.25) is 0 Å². The van der Waals surface area contributed by atoms with E-state index in [1.807, 2.05) is 0 Å². The summed E-state index contributed by atoms with van der Waals surface area (Å²) in [5.74, 6) is -1.91. The second-order valence-corrected chi connectivity index (χ2v) is 3.90. The van der Waals surface area contributed by atoms with E-state index >= 15 is 0 Å². The molecule has 0 saturated heterocycles. The van der Waals surface area contributed by atoms with E-state index in [4.69, 9.17) is 23.2 Å². The Kier molecular flexibility index (Phi) is 7.08. The van der Waals surface area contributed by atoms with Crippen LogP contribution in [0.3, 0.4) is 0 Å². The number of ether oxygens (including phenoxy) is 2. The van der Waals surface area contributed by atoms with Crippen molar-refractivity contribution in [2.75, 3.05) is 0 Å². The Morgan fingerprint density at radius 3 is 1.50 bits per heavy atom. The molecular formula is C9H12Cl2O5. The highest BCUT2D eigenvalue weighted by Gasteiger charge is 2.24. The first-order valence-electron chi connectivity index (χ1n) is 4.67. The first-order chi connectivity index (χ1) is 7.42. The largest absolute Gasteiger partial charge is 0.524 e. The highest BCUT2D eigenvalue weighted by atomic mass is 35.5. The number of hydrogen-bond donors (Lipinski definition) is 0. The Labute approximate surface area is 103 Å². The SMILES string of the molecule is CCC(Cl)C(=O)OC(=O)OC(=O)C(Cl)CC. The van der Waals surface area contributed by atoms with Gasteiger partial charge >= 0.3 is 18.1 Å². The van der Waals surface area contributed by atoms with Crippen molar-refractivity contribution >= 4 is 41.3 Å². The number of carbonyl (C=O) groups excluding carboxylic acids is 3. The Hall–Kier alpha value is -0.810. The second kappa shape index (κ2) is 7.46. The maximum Gasteiger partial charge on any atom is 0.524 e. The number of hydrogen-bond acceptors (Lipinski definition) is 5. The molecular weight excluding hydrogens is 259 g/mol. The minimum atomic E-state index is -1.41. The summed E-state index contributed by atoms with van der Waals surface area (Å²) in [5.41, 5.74) is 0. The molecule has 0 rings (SSSR count). The van der Waals surface area contributed by atoms with Gasteiger partial charge in [0.25, 0.3) is 0 Å². The third kappa shape index (κ3) is 5.32. The first-order valence-corrected chi connectivity index (χ1v) is 5.55. The Bertz CT molecular complexity index is 253. The topological polar surface area (TPSA) is 69.7 Å². The van der Waals surface area contributed by atoms with Gasteiger partial charge in [-0.05, 0) is 12.8 Å². The van der Waals surface area contributed by atoms with Gasteiger partial charge in [0.1, 0.15) is 10.8 Å². The maximum absolute atomic E-state index is 11.0. The van der Waals surface area contributed by atoms with E-state index in [9.17, 15) is 14.4 Å². The van der Waals surface area contributed by atoms with Gasteiger partial charge in [-0.2, -0.15) is 0 Å². The summed E-state index contributed by atoms with van der Waals surface area (Å²) >= 11 is 11.0. The summed E-state index contributed by atoms with van der Waals surface area (Å²) in [4.78, 5) is 32.9. The predicted molar refractivity (Wildman–Crippen MR) is 57.4 cm³/mol. The van der Waals surface area contributed by atoms with Gasteiger partial charge in [-0.25, -0.2) is 14.4 Å². The zero-order valence-electron chi connectivity index (χ0n) is 8.87. The van der Waals surface area contributed by atoms with Crippen LogP contribution in [0.4, 0.5) is 4.79 Å². The van der Waals surface area contributed by atoms with Gasteiger partial charge in [-0.15, -0.1) is 23.2 Å². The van der Waals surface area contributed by atoms with Crippen molar-refractivity contribution in [3.63, 3.8) is 0 Å². The monoisotopic (exact) mass is 270 g/mol. The third-order valence-corrected chi connectivity index (χ3v) is 2.57. The normalized spacial score (nSPS) is 13.8. The van der Waals surface area contributed by atoms with E-state index in [0.717, 1.165) is 0 Å². The molecule has 0 aromatic heterocycles. The van der Waals surface area contributed by atoms with Crippen LogP contribution in [0.15, 0.2) is 0 Å². The third-order valence-electron chi connectivity index (χ3n) is 1.60. The van der Waals surface area contributed by atoms with Crippen LogP contribution >= 0.6 is 23.2 Å². The fraction of sp³-hybridized carbons (Fsp3) is 0.667. The lowest BCUT2D eigenvalue weighted by Crippen LogP contribution is -2.26. The predicted octanol–water partition coefficient (Wildman–Crippen LogP) is 2.23. The standard InChI is InChI=1S/C9H12Cl2O5/c1-3-5(10)7(12)15-9(14)16-8(13)6(11)4-2/h5-6H,3-4H2,1-2H3. The second-order valence-electron chi connectivity index (χ2n) is 2.84. The molecule has 0 amide bonds. The summed E-state index contributed by atoms with van der Waals surface area (Å²) in [7, 11) is 0. The lowest BCUT2D eigenvalue weighted by Gasteiger charge is -2.07. The molecule has 7 heteroatoms. The van der Waals surface area contributed by atoms with E-state index < -0.39 is 28.8 Å². The molecule has 0 saturated carbocycles. The summed E-state index contributed by atoms with van der Waals surface area (Å²) in [6.07, 6.45) is -0.808. The van der Waals surface area contributed by atoms with Crippen molar-refractivity contribution in [1.29, 1.82) is 0 Å². The minimum absolute atomic E-state index is 0.300. The number of halogens is 2. The lowest BCUT2D eigenvalue weighted by atomic mass is 10.3. The number of esters is 2. The van der Waals surface area contributed by atoms with Gasteiger partial charge in [0.15, 0.2) is 0 Å². The van der Waals surface area contributed by atoms with Crippen molar-refractivity contribution < 1.29 is 23.9 Å². The summed E-state index contributed by atoms with van der Waals surface area (Å²) < 4.78 is 8.31. The molecule has 0 spiro atoms. The van der Waals surface area contributed by atoms with Crippen LogP contribution in [0.1, 0.15) is 26.7 Å². The Morgan fingerprint density at radius 2 is 1.25 bits per heavy atom. The first kappa shape index (κ1) is 15.2. The van der Waals surface area contributed by atoms with Crippen LogP contribution in [0.5, 0.6) is 0 Å². The summed E-state index contributed by atoms with van der Waals surface area (Å²) in [6.45, 7) is 3.28. The molecule has 2 atom stereocenters. The molecule has 0 N–H and O–H groups in total. The van der Waals surface area contributed by atoms with E-state index in [2.05, 4.69) is 9.47 Å². The van der Waals surface area contributed by atoms with E-state index in [1.54, 1.807) is 13.8 Å². The Balaban J connectivity index is 4.09. The van der Waals surface area contributed by atoms with Gasteiger partial charge in [0.05, 0.1) is 0 Å². The molecule has 0 aliphatic heterocycles. The van der Waals surface area contributed by atoms with Gasteiger partial charge in [0.2, 0.25) is 0 Å². The number of alkyl halides is 2. The zero-order valence-corrected chi connectivity index (χ0v) is 10.4. The van der Waals surface area contributed by atoms with Gasteiger partial charge in [0, 0.05) is 0 Å². The highest BCUT2D eigenvalue weighted by Crippen LogP contribution is 2.07. The summed E-state index contributed by atoms with van der Waals surface area (Å²) in [5, 5.41) is -1.89. The van der Waals surface area contributed by atoms with E-state index in [-0.39, 0.29) is 0 Å². The molecule has 0 bridgehead atoms. The summed E-state index contributed by atoms with van der Waals surface area (Å²) in [6, 6.07) is 0. The fourth-order valence-corrected chi connectivity index (χ4v) is 0.735. The van der Waals surface area contributed by atoms with Crippen molar-refractivity contribution in [1.82, 2.24) is 0 Å². The zero-order chi connectivity index (χ0) is 12.7. The average Bonchev–Trinajstić information content (AvgIpc) is 2.26. The van der Waals surface area contributed by atoms with Crippen LogP contribution in [-0.2, 0) is 19.1 Å². The quantitative estimate of drug-likeness (QED) is 0.445. The molecule has 0 aliphatic carbocycles. The maximum atomic E-state index is 11.0. The fourth-order valence-electron chi connectivity index (χ4n) is 0.646. The van der Waals surface area contributed by atoms with Crippen LogP contribution in [0.2, 0.25) is 0 Å². The average molecular weight is 271 g/mol. The van der Waals surface area contributed by atoms with Crippen LogP contribution in [0.25, 0.3) is 0 Å². The van der Waals surface area contributed by atoms with Crippen molar-refractivity contribution in [2.45, 2.75) is 37.4 Å². The van der Waals surface area contributed by atoms with Crippen molar-refractivity contribution in [3.8, 4) is 0 Å². The smallest absolute Gasteiger partial charge is 0.359 e. The van der Waals surface area contributed by atoms with E-state index in [1.165, 1.54) is 0 Å². The van der Waals surface area contributed by atoms with Crippen LogP contribution in [-0.4, -0.2) is 28.8 Å². The molecule has 2 unspecified atom stereocenters. The van der Waals surface area contributed by atoms with Crippen molar-refractivity contribution in [2.24, 2.45) is 0 Å². The van der Waals surface area contributed by atoms with Gasteiger partial charge in [-0.1, -0.05) is 13.8 Å². The minimum Gasteiger partial charge on any atom is -0.359 e. The molecule has 16 heavy (non-hydrogen) atoms. The van der Waals surface area contributed by atoms with Crippen LogP contribution < -0.4 is 0 Å². The number of carbonyl (C=O) groups is 3.